The first kappa shape index (κ1) is 25.1. The topological polar surface area (TPSA) is 78.3 Å². The fourth-order valence-corrected chi connectivity index (χ4v) is 4.40. The monoisotopic (exact) mass is 572 g/mol. The summed E-state index contributed by atoms with van der Waals surface area (Å²) in [7, 11) is 0. The third-order valence-corrected chi connectivity index (χ3v) is 6.42. The molecule has 0 aliphatic rings. The van der Waals surface area contributed by atoms with Gasteiger partial charge in [0.1, 0.15) is 18.1 Å². The van der Waals surface area contributed by atoms with E-state index in [-0.39, 0.29) is 18.3 Å². The van der Waals surface area contributed by atoms with Crippen LogP contribution in [-0.4, -0.2) is 33.0 Å². The number of carbonyl (C=O) groups is 1. The largest absolute Gasteiger partial charge is 0.494 e. The Morgan fingerprint density at radius 1 is 1.03 bits per heavy atom. The number of carbonyl (C=O) groups excluding carboxylic acids is 1. The summed E-state index contributed by atoms with van der Waals surface area (Å²) in [5.41, 5.74) is 1.48. The maximum absolute atomic E-state index is 12.5. The lowest BCUT2D eigenvalue weighted by Gasteiger charge is -2.12. The van der Waals surface area contributed by atoms with Crippen molar-refractivity contribution >= 4 is 50.9 Å². The second kappa shape index (κ2) is 12.1. The highest BCUT2D eigenvalue weighted by molar-refractivity contribution is 9.10. The van der Waals surface area contributed by atoms with Gasteiger partial charge in [-0.2, -0.15) is 0 Å². The van der Waals surface area contributed by atoms with E-state index in [1.807, 2.05) is 60.0 Å². The van der Waals surface area contributed by atoms with Gasteiger partial charge in [0.2, 0.25) is 5.91 Å². The molecule has 0 saturated carbocycles. The van der Waals surface area contributed by atoms with Crippen LogP contribution in [0, 0.1) is 0 Å². The molecular formula is C25H22BrClN4O3S. The van der Waals surface area contributed by atoms with Gasteiger partial charge in [0, 0.05) is 20.9 Å². The van der Waals surface area contributed by atoms with Gasteiger partial charge >= 0.3 is 0 Å². The zero-order chi connectivity index (χ0) is 24.6. The highest BCUT2D eigenvalue weighted by Gasteiger charge is 2.17. The number of anilines is 1. The number of amides is 1. The predicted octanol–water partition coefficient (Wildman–Crippen LogP) is 6.39. The van der Waals surface area contributed by atoms with E-state index in [0.717, 1.165) is 15.9 Å². The number of aromatic nitrogens is 3. The first-order chi connectivity index (χ1) is 17.0. The molecule has 0 bridgehead atoms. The molecule has 0 aliphatic heterocycles. The summed E-state index contributed by atoms with van der Waals surface area (Å²) < 4.78 is 14.3. The molecule has 1 aromatic heterocycles. The standard InChI is InChI=1S/C25H22BrClN4O3S/c1-2-33-21-12-8-20(9-13-21)31-23(15-34-22-10-6-17(26)7-11-22)29-30-25(31)35-16-24(32)28-19-5-3-4-18(27)14-19/h3-14H,2,15-16H2,1H3,(H,28,32). The van der Waals surface area contributed by atoms with Crippen molar-refractivity contribution in [3.63, 3.8) is 0 Å². The lowest BCUT2D eigenvalue weighted by atomic mass is 10.3. The van der Waals surface area contributed by atoms with E-state index in [4.69, 9.17) is 21.1 Å². The Morgan fingerprint density at radius 3 is 2.46 bits per heavy atom. The quantitative estimate of drug-likeness (QED) is 0.222. The molecule has 10 heteroatoms. The molecule has 180 valence electrons. The van der Waals surface area contributed by atoms with Gasteiger partial charge in [0.05, 0.1) is 12.4 Å². The van der Waals surface area contributed by atoms with E-state index < -0.39 is 0 Å². The average Bonchev–Trinajstić information content (AvgIpc) is 3.26. The van der Waals surface area contributed by atoms with E-state index in [2.05, 4.69) is 31.4 Å². The first-order valence-electron chi connectivity index (χ1n) is 10.8. The second-order valence-electron chi connectivity index (χ2n) is 7.25. The summed E-state index contributed by atoms with van der Waals surface area (Å²) in [6, 6.07) is 22.2. The molecule has 0 saturated heterocycles. The van der Waals surface area contributed by atoms with Crippen LogP contribution >= 0.6 is 39.3 Å². The number of nitrogens with zero attached hydrogens (tertiary/aromatic N) is 3. The van der Waals surface area contributed by atoms with Gasteiger partial charge in [0.15, 0.2) is 11.0 Å². The van der Waals surface area contributed by atoms with Crippen LogP contribution in [0.3, 0.4) is 0 Å². The van der Waals surface area contributed by atoms with Crippen LogP contribution in [0.4, 0.5) is 5.69 Å². The number of hydrogen-bond acceptors (Lipinski definition) is 6. The molecule has 0 radical (unpaired) electrons. The molecule has 3 aromatic carbocycles. The van der Waals surface area contributed by atoms with Gasteiger partial charge in [-0.1, -0.05) is 45.4 Å². The molecule has 1 heterocycles. The molecule has 0 unspecified atom stereocenters. The zero-order valence-corrected chi connectivity index (χ0v) is 21.9. The first-order valence-corrected chi connectivity index (χ1v) is 12.9. The van der Waals surface area contributed by atoms with Gasteiger partial charge in [-0.25, -0.2) is 0 Å². The Kier molecular flexibility index (Phi) is 8.68. The Labute approximate surface area is 220 Å². The highest BCUT2D eigenvalue weighted by atomic mass is 79.9. The third kappa shape index (κ3) is 7.00. The van der Waals surface area contributed by atoms with E-state index in [1.54, 1.807) is 24.3 Å². The summed E-state index contributed by atoms with van der Waals surface area (Å²) >= 11 is 10.7. The van der Waals surface area contributed by atoms with Crippen LogP contribution in [0.25, 0.3) is 5.69 Å². The second-order valence-corrected chi connectivity index (χ2v) is 9.55. The summed E-state index contributed by atoms with van der Waals surface area (Å²) in [5, 5.41) is 12.6. The summed E-state index contributed by atoms with van der Waals surface area (Å²) in [4.78, 5) is 12.5. The van der Waals surface area contributed by atoms with Crippen LogP contribution < -0.4 is 14.8 Å². The Balaban J connectivity index is 1.52. The van der Waals surface area contributed by atoms with Crippen molar-refractivity contribution in [3.05, 3.63) is 88.1 Å². The molecule has 0 fully saturated rings. The maximum atomic E-state index is 12.5. The van der Waals surface area contributed by atoms with Gasteiger partial charge in [-0.05, 0) is 73.7 Å². The number of ether oxygens (including phenoxy) is 2. The molecule has 0 atom stereocenters. The van der Waals surface area contributed by atoms with Crippen molar-refractivity contribution in [2.45, 2.75) is 18.7 Å². The summed E-state index contributed by atoms with van der Waals surface area (Å²) in [6.45, 7) is 2.73. The normalized spacial score (nSPS) is 10.7. The Hall–Kier alpha value is -3.01. The fourth-order valence-electron chi connectivity index (χ4n) is 3.18. The number of nitrogens with one attached hydrogen (secondary N) is 1. The van der Waals surface area contributed by atoms with Crippen molar-refractivity contribution < 1.29 is 14.3 Å². The van der Waals surface area contributed by atoms with Crippen molar-refractivity contribution in [1.29, 1.82) is 0 Å². The fraction of sp³-hybridized carbons (Fsp3) is 0.160. The number of rotatable bonds is 10. The number of thioether (sulfide) groups is 1. The van der Waals surface area contributed by atoms with Crippen molar-refractivity contribution in [1.82, 2.24) is 14.8 Å². The van der Waals surface area contributed by atoms with Crippen LogP contribution in [0.1, 0.15) is 12.7 Å². The third-order valence-electron chi connectivity index (χ3n) is 4.73. The van der Waals surface area contributed by atoms with Crippen molar-refractivity contribution in [2.75, 3.05) is 17.7 Å². The highest BCUT2D eigenvalue weighted by Crippen LogP contribution is 2.26. The smallest absolute Gasteiger partial charge is 0.234 e. The number of benzene rings is 3. The van der Waals surface area contributed by atoms with Crippen LogP contribution in [0.2, 0.25) is 5.02 Å². The molecule has 4 aromatic rings. The van der Waals surface area contributed by atoms with Crippen LogP contribution in [-0.2, 0) is 11.4 Å². The van der Waals surface area contributed by atoms with Gasteiger partial charge < -0.3 is 14.8 Å². The van der Waals surface area contributed by atoms with E-state index in [1.165, 1.54) is 11.8 Å². The SMILES string of the molecule is CCOc1ccc(-n2c(COc3ccc(Br)cc3)nnc2SCC(=O)Nc2cccc(Cl)c2)cc1. The molecule has 0 aliphatic carbocycles. The van der Waals surface area contributed by atoms with Crippen molar-refractivity contribution in [2.24, 2.45) is 0 Å². The van der Waals surface area contributed by atoms with Crippen LogP contribution in [0.15, 0.2) is 82.4 Å². The average molecular weight is 574 g/mol. The zero-order valence-electron chi connectivity index (χ0n) is 18.8. The number of halogens is 2. The molecule has 1 amide bonds. The minimum Gasteiger partial charge on any atom is -0.494 e. The van der Waals surface area contributed by atoms with Gasteiger partial charge in [-0.3, -0.25) is 9.36 Å². The lowest BCUT2D eigenvalue weighted by molar-refractivity contribution is -0.113. The summed E-state index contributed by atoms with van der Waals surface area (Å²) in [5.74, 6) is 2.06. The molecule has 7 nitrogen and oxygen atoms in total. The Bertz CT molecular complexity index is 1280. The van der Waals surface area contributed by atoms with E-state index in [0.29, 0.717) is 34.0 Å². The van der Waals surface area contributed by atoms with E-state index >= 15 is 0 Å². The molecule has 0 spiro atoms. The molecule has 1 N–H and O–H groups in total. The minimum atomic E-state index is -0.175. The lowest BCUT2D eigenvalue weighted by Crippen LogP contribution is -2.14. The Morgan fingerprint density at radius 2 is 1.74 bits per heavy atom. The van der Waals surface area contributed by atoms with Gasteiger partial charge in [-0.15, -0.1) is 10.2 Å². The minimum absolute atomic E-state index is 0.148. The summed E-state index contributed by atoms with van der Waals surface area (Å²) in [6.07, 6.45) is 0. The predicted molar refractivity (Wildman–Crippen MR) is 142 cm³/mol. The van der Waals surface area contributed by atoms with Gasteiger partial charge in [0.25, 0.3) is 0 Å². The van der Waals surface area contributed by atoms with Crippen molar-refractivity contribution in [3.8, 4) is 17.2 Å². The molecule has 35 heavy (non-hydrogen) atoms. The van der Waals surface area contributed by atoms with E-state index in [9.17, 15) is 4.79 Å². The maximum Gasteiger partial charge on any atom is 0.234 e. The molecular weight excluding hydrogens is 552 g/mol. The number of hydrogen-bond donors (Lipinski definition) is 1. The van der Waals surface area contributed by atoms with Crippen LogP contribution in [0.5, 0.6) is 11.5 Å². The molecule has 4 rings (SSSR count).